The highest BCUT2D eigenvalue weighted by Gasteiger charge is 2.22. The van der Waals surface area contributed by atoms with Crippen LogP contribution in [0.2, 0.25) is 0 Å². The van der Waals surface area contributed by atoms with E-state index in [1.165, 1.54) is 4.90 Å². The van der Waals surface area contributed by atoms with Crippen molar-refractivity contribution in [2.45, 2.75) is 13.0 Å². The average Bonchev–Trinajstić information content (AvgIpc) is 2.56. The van der Waals surface area contributed by atoms with Crippen molar-refractivity contribution in [1.82, 2.24) is 15.1 Å². The number of hydrogen-bond acceptors (Lipinski definition) is 5. The number of anilines is 1. The van der Waals surface area contributed by atoms with E-state index in [2.05, 4.69) is 22.5 Å². The van der Waals surface area contributed by atoms with Gasteiger partial charge in [0.15, 0.2) is 0 Å². The van der Waals surface area contributed by atoms with Crippen LogP contribution in [0.3, 0.4) is 0 Å². The molecule has 7 nitrogen and oxygen atoms in total. The van der Waals surface area contributed by atoms with E-state index in [0.717, 1.165) is 19.6 Å². The van der Waals surface area contributed by atoms with Gasteiger partial charge in [0.1, 0.15) is 5.75 Å². The van der Waals surface area contributed by atoms with Crippen LogP contribution in [0.25, 0.3) is 0 Å². The number of amides is 2. The summed E-state index contributed by atoms with van der Waals surface area (Å²) in [5.74, 6) is 0.391. The van der Waals surface area contributed by atoms with Crippen molar-refractivity contribution >= 4 is 29.9 Å². The van der Waals surface area contributed by atoms with Crippen molar-refractivity contribution in [1.29, 1.82) is 0 Å². The fourth-order valence-corrected chi connectivity index (χ4v) is 2.62. The maximum Gasteiger partial charge on any atom is 0.243 e. The van der Waals surface area contributed by atoms with Crippen molar-refractivity contribution in [2.24, 2.45) is 0 Å². The number of piperazine rings is 1. The molecule has 0 unspecified atom stereocenters. The zero-order chi connectivity index (χ0) is 17.5. The van der Waals surface area contributed by atoms with Gasteiger partial charge in [-0.05, 0) is 19.1 Å². The van der Waals surface area contributed by atoms with Crippen molar-refractivity contribution in [2.75, 3.05) is 52.2 Å². The van der Waals surface area contributed by atoms with Crippen LogP contribution in [0.15, 0.2) is 24.3 Å². The lowest BCUT2D eigenvalue weighted by Crippen LogP contribution is -2.53. The summed E-state index contributed by atoms with van der Waals surface area (Å²) >= 11 is 0. The maximum absolute atomic E-state index is 12.3. The standard InChI is InChI=1S/C17H26N4O3.ClH/c1-13-10-18-7-8-21(13)12-17(23)20(2)11-16(22)19-14-5-4-6-15(9-14)24-3;/h4-6,9,13,18H,7-8,10-12H2,1-3H3,(H,19,22);1H/t13-;/m1./s1. The number of carbonyl (C=O) groups excluding carboxylic acids is 2. The topological polar surface area (TPSA) is 73.9 Å². The molecule has 2 rings (SSSR count). The third kappa shape index (κ3) is 6.53. The highest BCUT2D eigenvalue weighted by Crippen LogP contribution is 2.16. The normalized spacial score (nSPS) is 17.3. The van der Waals surface area contributed by atoms with Crippen molar-refractivity contribution in [3.63, 3.8) is 0 Å². The van der Waals surface area contributed by atoms with Crippen LogP contribution in [0.5, 0.6) is 5.75 Å². The highest BCUT2D eigenvalue weighted by molar-refractivity contribution is 5.94. The number of carbonyl (C=O) groups is 2. The number of rotatable bonds is 6. The van der Waals surface area contributed by atoms with Crippen molar-refractivity contribution < 1.29 is 14.3 Å². The highest BCUT2D eigenvalue weighted by atomic mass is 35.5. The minimum Gasteiger partial charge on any atom is -0.497 e. The lowest BCUT2D eigenvalue weighted by atomic mass is 10.2. The Morgan fingerprint density at radius 3 is 2.88 bits per heavy atom. The Hall–Kier alpha value is -1.83. The van der Waals surface area contributed by atoms with E-state index in [1.807, 2.05) is 0 Å². The Bertz CT molecular complexity index is 585. The molecule has 0 bridgehead atoms. The molecular formula is C17H27ClN4O3. The fraction of sp³-hybridized carbons (Fsp3) is 0.529. The molecule has 1 saturated heterocycles. The van der Waals surface area contributed by atoms with Gasteiger partial charge in [0, 0.05) is 44.5 Å². The molecule has 0 aliphatic carbocycles. The summed E-state index contributed by atoms with van der Waals surface area (Å²) in [6, 6.07) is 7.45. The molecule has 1 atom stereocenters. The second-order valence-corrected chi connectivity index (χ2v) is 6.05. The SMILES string of the molecule is COc1cccc(NC(=O)CN(C)C(=O)CN2CCNC[C@H]2C)c1.Cl. The molecule has 25 heavy (non-hydrogen) atoms. The number of benzene rings is 1. The number of ether oxygens (including phenoxy) is 1. The summed E-state index contributed by atoms with van der Waals surface area (Å²) in [7, 11) is 3.23. The molecule has 0 spiro atoms. The molecule has 1 aliphatic rings. The molecule has 0 aromatic heterocycles. The molecule has 140 valence electrons. The Morgan fingerprint density at radius 1 is 1.44 bits per heavy atom. The van der Waals surface area contributed by atoms with Crippen LogP contribution in [0.4, 0.5) is 5.69 Å². The van der Waals surface area contributed by atoms with E-state index >= 15 is 0 Å². The van der Waals surface area contributed by atoms with Gasteiger partial charge < -0.3 is 20.3 Å². The molecule has 8 heteroatoms. The summed E-state index contributed by atoms with van der Waals surface area (Å²) in [6.07, 6.45) is 0. The predicted octanol–water partition coefficient (Wildman–Crippen LogP) is 0.808. The Morgan fingerprint density at radius 2 is 2.20 bits per heavy atom. The van der Waals surface area contributed by atoms with Gasteiger partial charge in [0.05, 0.1) is 20.2 Å². The Kier molecular flexibility index (Phi) is 8.68. The summed E-state index contributed by atoms with van der Waals surface area (Å²) in [4.78, 5) is 28.0. The van der Waals surface area contributed by atoms with E-state index in [1.54, 1.807) is 38.4 Å². The summed E-state index contributed by atoms with van der Waals surface area (Å²) < 4.78 is 5.12. The minimum atomic E-state index is -0.229. The molecule has 1 aliphatic heterocycles. The zero-order valence-corrected chi connectivity index (χ0v) is 15.8. The van der Waals surface area contributed by atoms with Gasteiger partial charge >= 0.3 is 0 Å². The maximum atomic E-state index is 12.3. The van der Waals surface area contributed by atoms with Crippen LogP contribution >= 0.6 is 12.4 Å². The summed E-state index contributed by atoms with van der Waals surface area (Å²) in [5.41, 5.74) is 0.649. The summed E-state index contributed by atoms with van der Waals surface area (Å²) in [6.45, 7) is 5.07. The predicted molar refractivity (Wildman–Crippen MR) is 100 cm³/mol. The molecule has 0 radical (unpaired) electrons. The smallest absolute Gasteiger partial charge is 0.243 e. The lowest BCUT2D eigenvalue weighted by Gasteiger charge is -2.34. The van der Waals surface area contributed by atoms with Crippen molar-refractivity contribution in [3.8, 4) is 5.75 Å². The minimum absolute atomic E-state index is 0. The van der Waals surface area contributed by atoms with Crippen LogP contribution in [-0.2, 0) is 9.59 Å². The Labute approximate surface area is 155 Å². The van der Waals surface area contributed by atoms with Crippen LogP contribution < -0.4 is 15.4 Å². The summed E-state index contributed by atoms with van der Waals surface area (Å²) in [5, 5.41) is 6.07. The number of nitrogens with zero attached hydrogens (tertiary/aromatic N) is 2. The second-order valence-electron chi connectivity index (χ2n) is 6.05. The van der Waals surface area contributed by atoms with Gasteiger partial charge in [-0.2, -0.15) is 0 Å². The first-order valence-electron chi connectivity index (χ1n) is 8.12. The number of likely N-dealkylation sites (N-methyl/N-ethyl adjacent to an activating group) is 1. The fourth-order valence-electron chi connectivity index (χ4n) is 2.62. The van der Waals surface area contributed by atoms with Crippen LogP contribution in [0.1, 0.15) is 6.92 Å². The van der Waals surface area contributed by atoms with Crippen LogP contribution in [0, 0.1) is 0 Å². The van der Waals surface area contributed by atoms with E-state index < -0.39 is 0 Å². The van der Waals surface area contributed by atoms with E-state index in [-0.39, 0.29) is 30.8 Å². The number of hydrogen-bond donors (Lipinski definition) is 2. The first-order chi connectivity index (χ1) is 11.5. The van der Waals surface area contributed by atoms with Crippen LogP contribution in [-0.4, -0.2) is 74.5 Å². The molecule has 2 amide bonds. The number of methoxy groups -OCH3 is 1. The third-order valence-electron chi connectivity index (χ3n) is 4.14. The van der Waals surface area contributed by atoms with Gasteiger partial charge in [-0.25, -0.2) is 0 Å². The third-order valence-corrected chi connectivity index (χ3v) is 4.14. The largest absolute Gasteiger partial charge is 0.497 e. The van der Waals surface area contributed by atoms with E-state index in [0.29, 0.717) is 24.0 Å². The molecule has 1 aromatic rings. The molecule has 0 saturated carbocycles. The lowest BCUT2D eigenvalue weighted by molar-refractivity contribution is -0.134. The van der Waals surface area contributed by atoms with Gasteiger partial charge in [0.2, 0.25) is 11.8 Å². The molecule has 1 heterocycles. The van der Waals surface area contributed by atoms with Crippen molar-refractivity contribution in [3.05, 3.63) is 24.3 Å². The van der Waals surface area contributed by atoms with Gasteiger partial charge in [-0.15, -0.1) is 12.4 Å². The van der Waals surface area contributed by atoms with E-state index in [4.69, 9.17) is 4.74 Å². The first kappa shape index (κ1) is 21.2. The van der Waals surface area contributed by atoms with Gasteiger partial charge in [-0.1, -0.05) is 6.07 Å². The molecular weight excluding hydrogens is 344 g/mol. The average molecular weight is 371 g/mol. The molecule has 1 fully saturated rings. The van der Waals surface area contributed by atoms with Gasteiger partial charge in [-0.3, -0.25) is 14.5 Å². The van der Waals surface area contributed by atoms with Gasteiger partial charge in [0.25, 0.3) is 0 Å². The first-order valence-corrected chi connectivity index (χ1v) is 8.12. The molecule has 1 aromatic carbocycles. The second kappa shape index (κ2) is 10.2. The number of halogens is 1. The number of nitrogens with one attached hydrogen (secondary N) is 2. The quantitative estimate of drug-likeness (QED) is 0.775. The Balaban J connectivity index is 0.00000312. The zero-order valence-electron chi connectivity index (χ0n) is 14.9. The monoisotopic (exact) mass is 370 g/mol. The molecule has 2 N–H and O–H groups in total. The van der Waals surface area contributed by atoms with E-state index in [9.17, 15) is 9.59 Å².